The molecule has 2 heterocycles. The van der Waals surface area contributed by atoms with Gasteiger partial charge in [0.1, 0.15) is 5.75 Å². The molecule has 0 radical (unpaired) electrons. The highest BCUT2D eigenvalue weighted by Crippen LogP contribution is 2.37. The molecule has 33 heavy (non-hydrogen) atoms. The molecule has 1 aliphatic carbocycles. The van der Waals surface area contributed by atoms with E-state index in [2.05, 4.69) is 17.4 Å². The van der Waals surface area contributed by atoms with E-state index in [0.717, 1.165) is 38.8 Å². The first kappa shape index (κ1) is 22.2. The molecular formula is C26H29ClN2O4. The van der Waals surface area contributed by atoms with Gasteiger partial charge in [-0.3, -0.25) is 9.59 Å². The Bertz CT molecular complexity index is 1020. The average molecular weight is 469 g/mol. The van der Waals surface area contributed by atoms with Crippen LogP contribution in [0.3, 0.4) is 0 Å². The van der Waals surface area contributed by atoms with E-state index in [-0.39, 0.29) is 30.2 Å². The highest BCUT2D eigenvalue weighted by atomic mass is 35.5. The van der Waals surface area contributed by atoms with Crippen molar-refractivity contribution in [3.8, 4) is 5.75 Å². The lowest BCUT2D eigenvalue weighted by molar-refractivity contribution is -0.141. The van der Waals surface area contributed by atoms with Gasteiger partial charge in [-0.1, -0.05) is 41.9 Å². The minimum absolute atomic E-state index is 0.0300. The van der Waals surface area contributed by atoms with Gasteiger partial charge in [-0.15, -0.1) is 0 Å². The van der Waals surface area contributed by atoms with Crippen molar-refractivity contribution in [2.75, 3.05) is 13.1 Å². The molecule has 0 unspecified atom stereocenters. The van der Waals surface area contributed by atoms with Crippen LogP contribution in [0.5, 0.6) is 5.75 Å². The number of hydrogen-bond donors (Lipinski definition) is 2. The Morgan fingerprint density at radius 3 is 2.48 bits per heavy atom. The van der Waals surface area contributed by atoms with Gasteiger partial charge in [-0.05, 0) is 49.4 Å². The Morgan fingerprint density at radius 1 is 1.03 bits per heavy atom. The van der Waals surface area contributed by atoms with Crippen LogP contribution in [0.4, 0.5) is 0 Å². The minimum atomic E-state index is -0.784. The van der Waals surface area contributed by atoms with Crippen molar-refractivity contribution in [2.45, 2.75) is 56.3 Å². The molecule has 0 bridgehead atoms. The Morgan fingerprint density at radius 2 is 1.76 bits per heavy atom. The molecule has 7 heteroatoms. The van der Waals surface area contributed by atoms with Crippen LogP contribution in [0.2, 0.25) is 5.02 Å². The first-order valence-corrected chi connectivity index (χ1v) is 12.1. The zero-order chi connectivity index (χ0) is 22.9. The van der Waals surface area contributed by atoms with Crippen molar-refractivity contribution in [3.63, 3.8) is 0 Å². The average Bonchev–Trinajstić information content (AvgIpc) is 2.79. The fourth-order valence-electron chi connectivity index (χ4n) is 5.21. The molecule has 2 N–H and O–H groups in total. The normalized spacial score (nSPS) is 27.2. The highest BCUT2D eigenvalue weighted by Gasteiger charge is 2.38. The Kier molecular flexibility index (Phi) is 6.30. The van der Waals surface area contributed by atoms with E-state index in [1.807, 2.05) is 23.1 Å². The summed E-state index contributed by atoms with van der Waals surface area (Å²) in [5, 5.41) is 14.0. The lowest BCUT2D eigenvalue weighted by Crippen LogP contribution is -2.52. The quantitative estimate of drug-likeness (QED) is 0.714. The van der Waals surface area contributed by atoms with Crippen LogP contribution in [-0.2, 0) is 9.59 Å². The molecule has 2 aromatic rings. The molecule has 2 aliphatic heterocycles. The number of carbonyl (C=O) groups is 2. The van der Waals surface area contributed by atoms with E-state index in [1.165, 1.54) is 5.56 Å². The maximum atomic E-state index is 12.9. The predicted molar refractivity (Wildman–Crippen MR) is 125 cm³/mol. The lowest BCUT2D eigenvalue weighted by atomic mass is 9.83. The van der Waals surface area contributed by atoms with E-state index < -0.39 is 12.2 Å². The van der Waals surface area contributed by atoms with Crippen molar-refractivity contribution in [1.29, 1.82) is 0 Å². The van der Waals surface area contributed by atoms with E-state index in [9.17, 15) is 14.7 Å². The summed E-state index contributed by atoms with van der Waals surface area (Å²) in [6, 6.07) is 15.4. The zero-order valence-corrected chi connectivity index (χ0v) is 19.2. The SMILES string of the molecule is O=C(NC1CCC(C(=O)N2CC(c3ccccc3)C2)CC1)[C@H]1C[C@@H](O)c2cc(Cl)ccc2O1. The van der Waals surface area contributed by atoms with Gasteiger partial charge in [0, 0.05) is 48.0 Å². The number of carbonyl (C=O) groups excluding carboxylic acids is 2. The first-order chi connectivity index (χ1) is 16.0. The summed E-state index contributed by atoms with van der Waals surface area (Å²) >= 11 is 6.00. The van der Waals surface area contributed by atoms with Gasteiger partial charge >= 0.3 is 0 Å². The zero-order valence-electron chi connectivity index (χ0n) is 18.5. The second kappa shape index (κ2) is 9.35. The summed E-state index contributed by atoms with van der Waals surface area (Å²) in [6.45, 7) is 1.60. The van der Waals surface area contributed by atoms with Crippen LogP contribution in [0, 0.1) is 5.92 Å². The molecule has 1 saturated heterocycles. The molecule has 0 aromatic heterocycles. The van der Waals surface area contributed by atoms with Gasteiger partial charge in [0.25, 0.3) is 5.91 Å². The molecule has 2 aromatic carbocycles. The molecule has 174 valence electrons. The first-order valence-electron chi connectivity index (χ1n) is 11.8. The van der Waals surface area contributed by atoms with Gasteiger partial charge in [0.2, 0.25) is 5.91 Å². The Balaban J connectivity index is 1.08. The number of hydrogen-bond acceptors (Lipinski definition) is 4. The monoisotopic (exact) mass is 468 g/mol. The van der Waals surface area contributed by atoms with Crippen LogP contribution in [-0.4, -0.2) is 47.1 Å². The molecule has 1 saturated carbocycles. The number of amides is 2. The van der Waals surface area contributed by atoms with Crippen molar-refractivity contribution in [3.05, 3.63) is 64.7 Å². The number of likely N-dealkylation sites (tertiary alicyclic amines) is 1. The predicted octanol–water partition coefficient (Wildman–Crippen LogP) is 3.83. The van der Waals surface area contributed by atoms with Crippen molar-refractivity contribution in [2.24, 2.45) is 5.92 Å². The van der Waals surface area contributed by atoms with Gasteiger partial charge in [-0.25, -0.2) is 0 Å². The molecular weight excluding hydrogens is 440 g/mol. The standard InChI is InChI=1S/C26H29ClN2O4/c27-19-8-11-23-21(12-19)22(30)13-24(33-23)25(31)28-20-9-6-17(7-10-20)26(32)29-14-18(15-29)16-4-2-1-3-5-16/h1-5,8,11-12,17-18,20,22,24,30H,6-7,9-10,13-15H2,(H,28,31)/t17?,20?,22-,24-/m1/s1. The van der Waals surface area contributed by atoms with Crippen molar-refractivity contribution >= 4 is 23.4 Å². The number of rotatable bonds is 4. The maximum Gasteiger partial charge on any atom is 0.261 e. The number of benzene rings is 2. The van der Waals surface area contributed by atoms with Crippen LogP contribution in [0.1, 0.15) is 55.3 Å². The molecule has 3 aliphatic rings. The number of aliphatic hydroxyl groups excluding tert-OH is 1. The van der Waals surface area contributed by atoms with Crippen LogP contribution in [0.15, 0.2) is 48.5 Å². The van der Waals surface area contributed by atoms with Gasteiger partial charge in [0.05, 0.1) is 6.10 Å². The second-order valence-corrected chi connectivity index (χ2v) is 9.88. The number of ether oxygens (including phenoxy) is 1. The third-order valence-electron chi connectivity index (χ3n) is 7.22. The van der Waals surface area contributed by atoms with Gasteiger partial charge < -0.3 is 20.1 Å². The number of nitrogens with zero attached hydrogens (tertiary/aromatic N) is 1. The van der Waals surface area contributed by atoms with E-state index in [1.54, 1.807) is 18.2 Å². The van der Waals surface area contributed by atoms with Gasteiger partial charge in [-0.2, -0.15) is 0 Å². The summed E-state index contributed by atoms with van der Waals surface area (Å²) in [4.78, 5) is 27.7. The fraction of sp³-hybridized carbons (Fsp3) is 0.462. The largest absolute Gasteiger partial charge is 0.480 e. The minimum Gasteiger partial charge on any atom is -0.480 e. The molecule has 6 nitrogen and oxygen atoms in total. The molecule has 2 fully saturated rings. The lowest BCUT2D eigenvalue weighted by Gasteiger charge is -2.42. The molecule has 5 rings (SSSR count). The number of nitrogens with one attached hydrogen (secondary N) is 1. The van der Waals surface area contributed by atoms with E-state index in [0.29, 0.717) is 22.3 Å². The molecule has 2 amide bonds. The summed E-state index contributed by atoms with van der Waals surface area (Å²) in [7, 11) is 0. The summed E-state index contributed by atoms with van der Waals surface area (Å²) in [6.07, 6.45) is 1.80. The van der Waals surface area contributed by atoms with E-state index >= 15 is 0 Å². The third kappa shape index (κ3) is 4.73. The highest BCUT2D eigenvalue weighted by molar-refractivity contribution is 6.30. The van der Waals surface area contributed by atoms with Crippen molar-refractivity contribution < 1.29 is 19.4 Å². The Labute approximate surface area is 198 Å². The number of halogens is 1. The number of aliphatic hydroxyl groups is 1. The van der Waals surface area contributed by atoms with Crippen LogP contribution >= 0.6 is 11.6 Å². The summed E-state index contributed by atoms with van der Waals surface area (Å²) in [5.41, 5.74) is 1.92. The number of fused-ring (bicyclic) bond motifs is 1. The van der Waals surface area contributed by atoms with Crippen LogP contribution in [0.25, 0.3) is 0 Å². The topological polar surface area (TPSA) is 78.9 Å². The third-order valence-corrected chi connectivity index (χ3v) is 7.45. The maximum absolute atomic E-state index is 12.9. The van der Waals surface area contributed by atoms with Crippen LogP contribution < -0.4 is 10.1 Å². The fourth-order valence-corrected chi connectivity index (χ4v) is 5.39. The summed E-state index contributed by atoms with van der Waals surface area (Å²) in [5.74, 6) is 1.02. The molecule has 0 spiro atoms. The smallest absolute Gasteiger partial charge is 0.261 e. The van der Waals surface area contributed by atoms with Gasteiger partial charge in [0.15, 0.2) is 6.10 Å². The van der Waals surface area contributed by atoms with Crippen molar-refractivity contribution in [1.82, 2.24) is 10.2 Å². The Hall–Kier alpha value is -2.57. The van der Waals surface area contributed by atoms with E-state index in [4.69, 9.17) is 16.3 Å². The second-order valence-electron chi connectivity index (χ2n) is 9.45. The molecule has 2 atom stereocenters. The summed E-state index contributed by atoms with van der Waals surface area (Å²) < 4.78 is 5.83.